The number of hydrogen-bond acceptors (Lipinski definition) is 3. The molecule has 3 nitrogen and oxygen atoms in total. The van der Waals surface area contributed by atoms with Crippen LogP contribution in [-0.2, 0) is 0 Å². The van der Waals surface area contributed by atoms with Crippen molar-refractivity contribution in [1.29, 1.82) is 5.26 Å². The summed E-state index contributed by atoms with van der Waals surface area (Å²) in [5.74, 6) is 0.526. The van der Waals surface area contributed by atoms with Crippen LogP contribution in [-0.4, -0.2) is 48.6 Å². The Kier molecular flexibility index (Phi) is 31.9. The van der Waals surface area contributed by atoms with Gasteiger partial charge >= 0.3 is 0 Å². The summed E-state index contributed by atoms with van der Waals surface area (Å²) < 4.78 is 11.9. The second-order valence-corrected chi connectivity index (χ2v) is 13.0. The fourth-order valence-electron chi connectivity index (χ4n) is 5.84. The molecule has 0 aromatic heterocycles. The van der Waals surface area contributed by atoms with E-state index in [9.17, 15) is 4.39 Å². The minimum atomic E-state index is -0.178. The van der Waals surface area contributed by atoms with E-state index in [1.165, 1.54) is 73.8 Å². The van der Waals surface area contributed by atoms with E-state index >= 15 is 0 Å². The Morgan fingerprint density at radius 1 is 1.00 bits per heavy atom. The molecule has 270 valence electrons. The molecule has 0 radical (unpaired) electrons. The zero-order valence-electron chi connectivity index (χ0n) is 32.7. The van der Waals surface area contributed by atoms with Crippen LogP contribution in [0.1, 0.15) is 111 Å². The number of allylic oxidation sites excluding steroid dienone is 1. The monoisotopic (exact) mass is 662 g/mol. The number of piperidine rings is 1. The number of rotatable bonds is 9. The van der Waals surface area contributed by atoms with Gasteiger partial charge in [0.2, 0.25) is 0 Å². The van der Waals surface area contributed by atoms with Gasteiger partial charge in [0, 0.05) is 31.6 Å². The van der Waals surface area contributed by atoms with Crippen LogP contribution in [0, 0.1) is 55.2 Å². The number of nitrogens with zero attached hydrogens (tertiary/aromatic N) is 3. The Bertz CT molecular complexity index is 1060. The van der Waals surface area contributed by atoms with E-state index in [-0.39, 0.29) is 5.82 Å². The van der Waals surface area contributed by atoms with Crippen LogP contribution in [0.3, 0.4) is 0 Å². The Morgan fingerprint density at radius 2 is 1.50 bits per heavy atom. The summed E-state index contributed by atoms with van der Waals surface area (Å²) in [5.41, 5.74) is 4.65. The van der Waals surface area contributed by atoms with Crippen LogP contribution in [0.4, 0.5) is 4.39 Å². The van der Waals surface area contributed by atoms with Gasteiger partial charge in [0.1, 0.15) is 5.82 Å². The van der Waals surface area contributed by atoms with Crippen molar-refractivity contribution in [2.75, 3.05) is 26.7 Å². The summed E-state index contributed by atoms with van der Waals surface area (Å²) in [6.45, 7) is 32.7. The number of likely N-dealkylation sites (tertiary alicyclic amines) is 1. The van der Waals surface area contributed by atoms with Gasteiger partial charge in [-0.05, 0) is 103 Å². The molecule has 1 saturated heterocycles. The summed E-state index contributed by atoms with van der Waals surface area (Å²) in [6, 6.07) is 20.2. The topological polar surface area (TPSA) is 30.3 Å². The molecule has 2 aromatic rings. The highest BCUT2D eigenvalue weighted by molar-refractivity contribution is 5.19. The molecule has 2 atom stereocenters. The summed E-state index contributed by atoms with van der Waals surface area (Å²) in [5, 5.41) is 8.44. The highest BCUT2D eigenvalue weighted by Gasteiger charge is 2.51. The molecular formula is C44H72FN3. The average Bonchev–Trinajstić information content (AvgIpc) is 3.86. The number of halogens is 1. The standard InChI is InChI=1S/C14H25N.C10H20N2.C8H10.C6H5F.C2H6.C2H4.C2H2/c1-11(2)10-14(8-9-14)13-7-5-6-12(3)15(13)4;1-4-7-12(8-5-6-11)9-10(2)3;1-7-3-5-8(2)6-4-7;7-6-4-2-1-3-5-6;3*1-2/h12-13H,1,5-10H2,2-4H3;10H,4-5,7-9H2,1-3H3;3-6H,1-2H3;1-5H;1-2H3;1-2H2;1-2H/t12?,13-;;;;;;/m1....../s1. The third-order valence-corrected chi connectivity index (χ3v) is 8.19. The molecule has 1 saturated carbocycles. The summed E-state index contributed by atoms with van der Waals surface area (Å²) in [4.78, 5) is 5.01. The molecule has 2 aromatic carbocycles. The number of benzene rings is 2. The quantitative estimate of drug-likeness (QED) is 0.198. The first-order valence-electron chi connectivity index (χ1n) is 18.0. The van der Waals surface area contributed by atoms with E-state index in [1.807, 2.05) is 13.8 Å². The van der Waals surface area contributed by atoms with Gasteiger partial charge < -0.3 is 9.80 Å². The van der Waals surface area contributed by atoms with Crippen molar-refractivity contribution < 1.29 is 4.39 Å². The van der Waals surface area contributed by atoms with Crippen molar-refractivity contribution in [3.63, 3.8) is 0 Å². The maximum atomic E-state index is 11.9. The molecule has 1 unspecified atom stereocenters. The van der Waals surface area contributed by atoms with E-state index < -0.39 is 0 Å². The van der Waals surface area contributed by atoms with Gasteiger partial charge in [0.25, 0.3) is 0 Å². The fourth-order valence-corrected chi connectivity index (χ4v) is 5.84. The Morgan fingerprint density at radius 3 is 1.85 bits per heavy atom. The highest BCUT2D eigenvalue weighted by atomic mass is 19.1. The minimum Gasteiger partial charge on any atom is -0.302 e. The second-order valence-electron chi connectivity index (χ2n) is 13.0. The molecule has 2 fully saturated rings. The molecule has 1 aliphatic heterocycles. The van der Waals surface area contributed by atoms with Crippen LogP contribution in [0.25, 0.3) is 0 Å². The zero-order chi connectivity index (χ0) is 37.5. The van der Waals surface area contributed by atoms with Crippen LogP contribution in [0.5, 0.6) is 0 Å². The molecule has 0 spiro atoms. The van der Waals surface area contributed by atoms with Crippen molar-refractivity contribution in [3.8, 4) is 18.9 Å². The Labute approximate surface area is 298 Å². The lowest BCUT2D eigenvalue weighted by molar-refractivity contribution is 0.0710. The van der Waals surface area contributed by atoms with Gasteiger partial charge in [-0.25, -0.2) is 4.39 Å². The van der Waals surface area contributed by atoms with Crippen molar-refractivity contribution >= 4 is 0 Å². The summed E-state index contributed by atoms with van der Waals surface area (Å²) >= 11 is 0. The minimum absolute atomic E-state index is 0.178. The first-order valence-corrected chi connectivity index (χ1v) is 18.0. The van der Waals surface area contributed by atoms with Crippen LogP contribution >= 0.6 is 0 Å². The lowest BCUT2D eigenvalue weighted by atomic mass is 9.82. The van der Waals surface area contributed by atoms with E-state index in [1.54, 1.807) is 18.2 Å². The van der Waals surface area contributed by atoms with Gasteiger partial charge in [-0.15, -0.1) is 32.6 Å². The third-order valence-electron chi connectivity index (χ3n) is 8.19. The zero-order valence-corrected chi connectivity index (χ0v) is 32.7. The van der Waals surface area contributed by atoms with Gasteiger partial charge in [-0.1, -0.05) is 100 Å². The van der Waals surface area contributed by atoms with Crippen molar-refractivity contribution in [1.82, 2.24) is 9.80 Å². The number of hydrogen-bond donors (Lipinski definition) is 0. The SMILES string of the molecule is C#C.C=C.C=C(C)CC1([C@H]2CCCC(C)N2C)CC1.CC.CCCN(CCC#N)CC(C)C.Cc1ccc(C)cc1.Fc1ccccc1. The van der Waals surface area contributed by atoms with Crippen LogP contribution in [0.15, 0.2) is 79.9 Å². The van der Waals surface area contributed by atoms with E-state index in [0.29, 0.717) is 17.8 Å². The predicted octanol–water partition coefficient (Wildman–Crippen LogP) is 12.1. The Hall–Kier alpha value is -3.18. The number of aryl methyl sites for hydroxylation is 2. The van der Waals surface area contributed by atoms with Gasteiger partial charge in [-0.3, -0.25) is 0 Å². The molecule has 0 bridgehead atoms. The first kappa shape index (κ1) is 49.2. The van der Waals surface area contributed by atoms with Crippen LogP contribution < -0.4 is 0 Å². The predicted molar refractivity (Wildman–Crippen MR) is 213 cm³/mol. The summed E-state index contributed by atoms with van der Waals surface area (Å²) in [6.07, 6.45) is 18.2. The third kappa shape index (κ3) is 24.0. The molecule has 4 heteroatoms. The van der Waals surface area contributed by atoms with E-state index in [2.05, 4.69) is 128 Å². The van der Waals surface area contributed by atoms with Gasteiger partial charge in [0.05, 0.1) is 6.07 Å². The van der Waals surface area contributed by atoms with Crippen molar-refractivity contribution in [2.24, 2.45) is 11.3 Å². The molecule has 1 aliphatic carbocycles. The van der Waals surface area contributed by atoms with Gasteiger partial charge in [-0.2, -0.15) is 5.26 Å². The maximum Gasteiger partial charge on any atom is 0.123 e. The van der Waals surface area contributed by atoms with Crippen LogP contribution in [0.2, 0.25) is 0 Å². The lowest BCUT2D eigenvalue weighted by Crippen LogP contribution is -2.47. The van der Waals surface area contributed by atoms with Gasteiger partial charge in [0.15, 0.2) is 0 Å². The van der Waals surface area contributed by atoms with Crippen molar-refractivity contribution in [2.45, 2.75) is 126 Å². The molecule has 2 aliphatic rings. The Balaban J connectivity index is -0.000000552. The summed E-state index contributed by atoms with van der Waals surface area (Å²) in [7, 11) is 2.33. The smallest absolute Gasteiger partial charge is 0.123 e. The average molecular weight is 662 g/mol. The second kappa shape index (κ2) is 31.1. The highest BCUT2D eigenvalue weighted by Crippen LogP contribution is 2.56. The molecular weight excluding hydrogens is 590 g/mol. The largest absolute Gasteiger partial charge is 0.302 e. The van der Waals surface area contributed by atoms with Crippen molar-refractivity contribution in [3.05, 3.63) is 96.9 Å². The normalized spacial score (nSPS) is 16.7. The molecule has 1 heterocycles. The molecule has 48 heavy (non-hydrogen) atoms. The fraction of sp³-hybridized carbons (Fsp3) is 0.568. The maximum absolute atomic E-state index is 11.9. The number of nitriles is 1. The first-order chi connectivity index (χ1) is 22.9. The molecule has 0 N–H and O–H groups in total. The van der Waals surface area contributed by atoms with E-state index in [0.717, 1.165) is 31.7 Å². The molecule has 0 amide bonds. The number of terminal acetylenes is 1. The molecule has 4 rings (SSSR count). The lowest BCUT2D eigenvalue weighted by Gasteiger charge is -2.43. The van der Waals surface area contributed by atoms with E-state index in [4.69, 9.17) is 5.26 Å².